The molecule has 0 aliphatic heterocycles. The van der Waals surface area contributed by atoms with Crippen molar-refractivity contribution in [1.29, 1.82) is 10.5 Å². The molecule has 23 heavy (non-hydrogen) atoms. The molecule has 0 aromatic heterocycles. The molecular formula is C19H16N4. The van der Waals surface area contributed by atoms with Crippen molar-refractivity contribution in [1.82, 2.24) is 4.90 Å². The summed E-state index contributed by atoms with van der Waals surface area (Å²) in [5, 5.41) is 17.9. The molecule has 2 rings (SSSR count). The summed E-state index contributed by atoms with van der Waals surface area (Å²) in [6.45, 7) is 3.59. The van der Waals surface area contributed by atoms with E-state index in [0.717, 1.165) is 11.1 Å². The summed E-state index contributed by atoms with van der Waals surface area (Å²) in [5.74, 6) is 0. The van der Waals surface area contributed by atoms with E-state index in [1.54, 1.807) is 30.6 Å². The molecular weight excluding hydrogens is 284 g/mol. The minimum Gasteiger partial charge on any atom is -0.355 e. The predicted molar refractivity (Wildman–Crippen MR) is 90.6 cm³/mol. The number of benzene rings is 2. The number of nitrogens with zero attached hydrogens (tertiary/aromatic N) is 4. The lowest BCUT2D eigenvalue weighted by atomic mass is 9.96. The molecule has 0 heterocycles. The average molecular weight is 300 g/mol. The lowest BCUT2D eigenvalue weighted by Crippen LogP contribution is -2.24. The van der Waals surface area contributed by atoms with Gasteiger partial charge in [0.1, 0.15) is 0 Å². The van der Waals surface area contributed by atoms with Gasteiger partial charge in [0.05, 0.1) is 35.6 Å². The summed E-state index contributed by atoms with van der Waals surface area (Å²) >= 11 is 0. The van der Waals surface area contributed by atoms with Crippen molar-refractivity contribution in [2.75, 3.05) is 7.05 Å². The molecule has 0 unspecified atom stereocenters. The quantitative estimate of drug-likeness (QED) is 0.625. The van der Waals surface area contributed by atoms with Crippen LogP contribution >= 0.6 is 0 Å². The fraction of sp³-hybridized carbons (Fsp3) is 0.105. The fourth-order valence-electron chi connectivity index (χ4n) is 2.36. The summed E-state index contributed by atoms with van der Waals surface area (Å²) in [6.07, 6.45) is 3.18. The summed E-state index contributed by atoms with van der Waals surface area (Å²) in [6, 6.07) is 19.1. The molecule has 112 valence electrons. The Balaban J connectivity index is 2.45. The van der Waals surface area contributed by atoms with Gasteiger partial charge in [0.2, 0.25) is 0 Å². The highest BCUT2D eigenvalue weighted by atomic mass is 15.1. The zero-order valence-corrected chi connectivity index (χ0v) is 12.8. The van der Waals surface area contributed by atoms with Gasteiger partial charge < -0.3 is 4.90 Å². The Morgan fingerprint density at radius 3 is 1.74 bits per heavy atom. The zero-order chi connectivity index (χ0) is 16.7. The molecule has 0 amide bonds. The molecule has 0 N–H and O–H groups in total. The van der Waals surface area contributed by atoms with Crippen LogP contribution in [0.3, 0.4) is 0 Å². The van der Waals surface area contributed by atoms with Crippen LogP contribution in [0.25, 0.3) is 0 Å². The van der Waals surface area contributed by atoms with Crippen LogP contribution in [0, 0.1) is 22.7 Å². The van der Waals surface area contributed by atoms with E-state index >= 15 is 0 Å². The molecule has 0 aliphatic carbocycles. The number of aliphatic imine (C=N–C) groups is 1. The van der Waals surface area contributed by atoms with Gasteiger partial charge in [0.25, 0.3) is 0 Å². The van der Waals surface area contributed by atoms with Crippen LogP contribution in [0.15, 0.2) is 66.3 Å². The number of hydrogen-bond acceptors (Lipinski definition) is 3. The normalized spacial score (nSPS) is 10.3. The maximum Gasteiger partial charge on any atom is 0.0991 e. The molecule has 2 aromatic rings. The van der Waals surface area contributed by atoms with Crippen molar-refractivity contribution in [3.8, 4) is 12.1 Å². The van der Waals surface area contributed by atoms with Crippen LogP contribution in [0.1, 0.15) is 28.3 Å². The van der Waals surface area contributed by atoms with Crippen LogP contribution in [0.2, 0.25) is 0 Å². The fourth-order valence-corrected chi connectivity index (χ4v) is 2.36. The van der Waals surface area contributed by atoms with Crippen molar-refractivity contribution >= 4 is 6.34 Å². The Morgan fingerprint density at radius 1 is 0.957 bits per heavy atom. The molecule has 4 nitrogen and oxygen atoms in total. The van der Waals surface area contributed by atoms with E-state index in [0.29, 0.717) is 11.1 Å². The Morgan fingerprint density at radius 2 is 1.39 bits per heavy atom. The second kappa shape index (κ2) is 7.59. The van der Waals surface area contributed by atoms with Crippen LogP contribution < -0.4 is 0 Å². The molecule has 0 fully saturated rings. The van der Waals surface area contributed by atoms with Crippen molar-refractivity contribution in [3.05, 3.63) is 83.6 Å². The van der Waals surface area contributed by atoms with Crippen molar-refractivity contribution < 1.29 is 0 Å². The third kappa shape index (κ3) is 3.84. The smallest absolute Gasteiger partial charge is 0.0991 e. The predicted octanol–water partition coefficient (Wildman–Crippen LogP) is 3.62. The standard InChI is InChI=1S/C19H16N4/c1-3-22-14-23(2)19(17-8-4-15(12-20)5-9-17)18-10-6-16(13-21)7-11-18/h3-11,14,19H,1H2,2H3. The van der Waals surface area contributed by atoms with Gasteiger partial charge in [-0.1, -0.05) is 30.8 Å². The summed E-state index contributed by atoms with van der Waals surface area (Å²) < 4.78 is 0. The van der Waals surface area contributed by atoms with Crippen LogP contribution in [-0.4, -0.2) is 18.3 Å². The van der Waals surface area contributed by atoms with E-state index in [9.17, 15) is 0 Å². The highest BCUT2D eigenvalue weighted by molar-refractivity contribution is 5.58. The first-order valence-corrected chi connectivity index (χ1v) is 7.06. The highest BCUT2D eigenvalue weighted by Crippen LogP contribution is 2.27. The van der Waals surface area contributed by atoms with E-state index in [2.05, 4.69) is 23.7 Å². The summed E-state index contributed by atoms with van der Waals surface area (Å²) in [7, 11) is 1.92. The Hall–Kier alpha value is -3.37. The van der Waals surface area contributed by atoms with Gasteiger partial charge in [-0.15, -0.1) is 0 Å². The molecule has 0 spiro atoms. The van der Waals surface area contributed by atoms with Gasteiger partial charge in [-0.25, -0.2) is 4.99 Å². The highest BCUT2D eigenvalue weighted by Gasteiger charge is 2.17. The first-order valence-electron chi connectivity index (χ1n) is 7.06. The lowest BCUT2D eigenvalue weighted by molar-refractivity contribution is 0.440. The van der Waals surface area contributed by atoms with Gasteiger partial charge in [0, 0.05) is 13.2 Å². The molecule has 0 saturated heterocycles. The second-order valence-corrected chi connectivity index (χ2v) is 4.98. The molecule has 2 aromatic carbocycles. The van der Waals surface area contributed by atoms with Crippen LogP contribution in [-0.2, 0) is 0 Å². The first kappa shape index (κ1) is 16.0. The monoisotopic (exact) mass is 300 g/mol. The van der Waals surface area contributed by atoms with Gasteiger partial charge in [-0.2, -0.15) is 10.5 Å². The molecule has 0 radical (unpaired) electrons. The molecule has 4 heteroatoms. The van der Waals surface area contributed by atoms with Gasteiger partial charge in [-0.05, 0) is 35.4 Å². The Labute approximate surface area is 136 Å². The third-order valence-corrected chi connectivity index (χ3v) is 3.47. The van der Waals surface area contributed by atoms with Crippen LogP contribution in [0.4, 0.5) is 0 Å². The molecule has 0 bridgehead atoms. The number of hydrogen-bond donors (Lipinski definition) is 0. The Kier molecular flexibility index (Phi) is 5.28. The minimum atomic E-state index is -0.0702. The van der Waals surface area contributed by atoms with E-state index in [1.807, 2.05) is 36.2 Å². The summed E-state index contributed by atoms with van der Waals surface area (Å²) in [5.41, 5.74) is 3.31. The Bertz CT molecular complexity index is 717. The molecule has 0 aliphatic rings. The van der Waals surface area contributed by atoms with E-state index in [4.69, 9.17) is 10.5 Å². The molecule has 0 saturated carbocycles. The van der Waals surface area contributed by atoms with Crippen molar-refractivity contribution in [3.63, 3.8) is 0 Å². The van der Waals surface area contributed by atoms with E-state index in [-0.39, 0.29) is 6.04 Å². The zero-order valence-electron chi connectivity index (χ0n) is 12.8. The lowest BCUT2D eigenvalue weighted by Gasteiger charge is -2.27. The topological polar surface area (TPSA) is 63.2 Å². The van der Waals surface area contributed by atoms with E-state index < -0.39 is 0 Å². The minimum absolute atomic E-state index is 0.0702. The maximum atomic E-state index is 8.94. The second-order valence-electron chi connectivity index (χ2n) is 4.98. The van der Waals surface area contributed by atoms with Crippen LogP contribution in [0.5, 0.6) is 0 Å². The average Bonchev–Trinajstić information content (AvgIpc) is 2.61. The largest absolute Gasteiger partial charge is 0.355 e. The summed E-state index contributed by atoms with van der Waals surface area (Å²) in [4.78, 5) is 6.03. The third-order valence-electron chi connectivity index (χ3n) is 3.47. The molecule has 0 atom stereocenters. The van der Waals surface area contributed by atoms with Gasteiger partial charge >= 0.3 is 0 Å². The van der Waals surface area contributed by atoms with E-state index in [1.165, 1.54) is 6.20 Å². The van der Waals surface area contributed by atoms with Gasteiger partial charge in [0.15, 0.2) is 0 Å². The maximum absolute atomic E-state index is 8.94. The SMILES string of the molecule is C=CN=CN(C)C(c1ccc(C#N)cc1)c1ccc(C#N)cc1. The first-order chi connectivity index (χ1) is 11.2. The number of nitriles is 2. The van der Waals surface area contributed by atoms with Crippen molar-refractivity contribution in [2.45, 2.75) is 6.04 Å². The van der Waals surface area contributed by atoms with Gasteiger partial charge in [-0.3, -0.25) is 0 Å². The van der Waals surface area contributed by atoms with Crippen molar-refractivity contribution in [2.24, 2.45) is 4.99 Å². The number of rotatable bonds is 5.